The number of pyridine rings is 1. The van der Waals surface area contributed by atoms with Gasteiger partial charge in [0.25, 0.3) is 0 Å². The van der Waals surface area contributed by atoms with E-state index in [0.717, 1.165) is 12.8 Å². The first-order valence-electron chi connectivity index (χ1n) is 5.18. The fourth-order valence-electron chi connectivity index (χ4n) is 1.47. The van der Waals surface area contributed by atoms with E-state index in [1.165, 1.54) is 12.3 Å². The molecular formula is C10H15N3O2S. The Hall–Kier alpha value is -0.980. The van der Waals surface area contributed by atoms with Crippen LogP contribution in [0.15, 0.2) is 29.4 Å². The van der Waals surface area contributed by atoms with Gasteiger partial charge in [0.1, 0.15) is 4.90 Å². The zero-order chi connectivity index (χ0) is 11.6. The number of nitrogens with one attached hydrogen (secondary N) is 1. The lowest BCUT2D eigenvalue weighted by atomic mass is 10.1. The molecule has 88 valence electrons. The number of hydrogen-bond donors (Lipinski definition) is 2. The summed E-state index contributed by atoms with van der Waals surface area (Å²) >= 11 is 0. The fraction of sp³-hybridized carbons (Fsp3) is 0.500. The molecule has 0 radical (unpaired) electrons. The first-order valence-corrected chi connectivity index (χ1v) is 6.66. The monoisotopic (exact) mass is 241 g/mol. The predicted molar refractivity (Wildman–Crippen MR) is 60.1 cm³/mol. The van der Waals surface area contributed by atoms with Crippen molar-refractivity contribution < 1.29 is 8.42 Å². The molecule has 1 aliphatic rings. The zero-order valence-corrected chi connectivity index (χ0v) is 9.70. The Bertz CT molecular complexity index is 454. The van der Waals surface area contributed by atoms with Crippen LogP contribution in [0.1, 0.15) is 12.8 Å². The van der Waals surface area contributed by atoms with Gasteiger partial charge in [0.2, 0.25) is 10.0 Å². The largest absolute Gasteiger partial charge is 0.330 e. The number of nitrogens with zero attached hydrogens (tertiary/aromatic N) is 1. The van der Waals surface area contributed by atoms with E-state index in [1.807, 2.05) is 0 Å². The number of hydrogen-bond acceptors (Lipinski definition) is 4. The number of aromatic nitrogens is 1. The topological polar surface area (TPSA) is 85.1 Å². The Morgan fingerprint density at radius 2 is 2.25 bits per heavy atom. The normalized spacial score (nSPS) is 18.3. The maximum Gasteiger partial charge on any atom is 0.242 e. The molecule has 1 heterocycles. The highest BCUT2D eigenvalue weighted by atomic mass is 32.2. The Balaban J connectivity index is 2.04. The second kappa shape index (κ2) is 4.12. The van der Waals surface area contributed by atoms with Crippen LogP contribution >= 0.6 is 0 Å². The predicted octanol–water partition coefficient (Wildman–Crippen LogP) is 0.0988. The second-order valence-electron chi connectivity index (χ2n) is 4.22. The minimum atomic E-state index is -3.43. The van der Waals surface area contributed by atoms with E-state index >= 15 is 0 Å². The highest BCUT2D eigenvalue weighted by Gasteiger charge is 2.41. The van der Waals surface area contributed by atoms with Gasteiger partial charge in [-0.15, -0.1) is 0 Å². The van der Waals surface area contributed by atoms with E-state index in [4.69, 9.17) is 5.73 Å². The van der Waals surface area contributed by atoms with Gasteiger partial charge in [0.15, 0.2) is 0 Å². The second-order valence-corrected chi connectivity index (χ2v) is 5.98. The molecule has 3 N–H and O–H groups in total. The molecule has 1 aliphatic carbocycles. The average Bonchev–Trinajstić information content (AvgIpc) is 3.09. The first kappa shape index (κ1) is 11.5. The van der Waals surface area contributed by atoms with Crippen LogP contribution < -0.4 is 10.5 Å². The highest BCUT2D eigenvalue weighted by molar-refractivity contribution is 7.89. The molecule has 1 fully saturated rings. The van der Waals surface area contributed by atoms with Crippen LogP contribution in [0.4, 0.5) is 0 Å². The van der Waals surface area contributed by atoms with Gasteiger partial charge in [-0.1, -0.05) is 0 Å². The quantitative estimate of drug-likeness (QED) is 0.765. The smallest absolute Gasteiger partial charge is 0.242 e. The molecular weight excluding hydrogens is 226 g/mol. The Kier molecular flexibility index (Phi) is 2.96. The van der Waals surface area contributed by atoms with Crippen LogP contribution in [-0.2, 0) is 10.0 Å². The van der Waals surface area contributed by atoms with Gasteiger partial charge >= 0.3 is 0 Å². The van der Waals surface area contributed by atoms with Crippen molar-refractivity contribution in [3.8, 4) is 0 Å². The van der Waals surface area contributed by atoms with Crippen molar-refractivity contribution in [1.82, 2.24) is 9.71 Å². The van der Waals surface area contributed by atoms with E-state index in [2.05, 4.69) is 9.71 Å². The summed E-state index contributed by atoms with van der Waals surface area (Å²) < 4.78 is 26.2. The van der Waals surface area contributed by atoms with Gasteiger partial charge in [0, 0.05) is 18.9 Å². The molecule has 0 spiro atoms. The maximum absolute atomic E-state index is 11.8. The lowest BCUT2D eigenvalue weighted by Crippen LogP contribution is -2.33. The van der Waals surface area contributed by atoms with Crippen molar-refractivity contribution >= 4 is 10.0 Å². The molecule has 1 saturated carbocycles. The molecule has 2 rings (SSSR count). The summed E-state index contributed by atoms with van der Waals surface area (Å²) in [5.74, 6) is 0. The van der Waals surface area contributed by atoms with Gasteiger partial charge in [-0.05, 0) is 36.9 Å². The summed E-state index contributed by atoms with van der Waals surface area (Å²) in [4.78, 5) is 3.98. The molecule has 6 heteroatoms. The molecule has 0 saturated heterocycles. The lowest BCUT2D eigenvalue weighted by Gasteiger charge is -2.13. The standard InChI is InChI=1S/C10H15N3O2S/c11-7-10(3-4-10)8-13-16(14,15)9-2-1-5-12-6-9/h1-2,5-6,13H,3-4,7-8,11H2. The van der Waals surface area contributed by atoms with E-state index in [0.29, 0.717) is 13.1 Å². The summed E-state index contributed by atoms with van der Waals surface area (Å²) in [5, 5.41) is 0. The average molecular weight is 241 g/mol. The van der Waals surface area contributed by atoms with Crippen molar-refractivity contribution in [1.29, 1.82) is 0 Å². The van der Waals surface area contributed by atoms with Crippen LogP contribution in [-0.4, -0.2) is 26.5 Å². The van der Waals surface area contributed by atoms with Crippen LogP contribution in [0.3, 0.4) is 0 Å². The summed E-state index contributed by atoms with van der Waals surface area (Å²) in [6.07, 6.45) is 4.88. The van der Waals surface area contributed by atoms with E-state index in [-0.39, 0.29) is 10.3 Å². The number of nitrogens with two attached hydrogens (primary N) is 1. The minimum Gasteiger partial charge on any atom is -0.330 e. The van der Waals surface area contributed by atoms with Crippen molar-refractivity contribution in [2.75, 3.05) is 13.1 Å². The molecule has 5 nitrogen and oxygen atoms in total. The van der Waals surface area contributed by atoms with Crippen LogP contribution in [0.2, 0.25) is 0 Å². The number of sulfonamides is 1. The van der Waals surface area contributed by atoms with Crippen molar-refractivity contribution in [2.24, 2.45) is 11.1 Å². The molecule has 0 unspecified atom stereocenters. The van der Waals surface area contributed by atoms with Gasteiger partial charge in [-0.25, -0.2) is 13.1 Å². The summed E-state index contributed by atoms with van der Waals surface area (Å²) in [6, 6.07) is 3.13. The first-order chi connectivity index (χ1) is 7.58. The number of rotatable bonds is 5. The Morgan fingerprint density at radius 1 is 1.50 bits per heavy atom. The molecule has 0 atom stereocenters. The summed E-state index contributed by atoms with van der Waals surface area (Å²) in [6.45, 7) is 0.948. The molecule has 1 aromatic rings. The van der Waals surface area contributed by atoms with Gasteiger partial charge in [0.05, 0.1) is 0 Å². The maximum atomic E-state index is 11.8. The van der Waals surface area contributed by atoms with Gasteiger partial charge in [-0.3, -0.25) is 4.98 Å². The molecule has 0 bridgehead atoms. The third kappa shape index (κ3) is 2.40. The molecule has 0 aliphatic heterocycles. The van der Waals surface area contributed by atoms with Crippen LogP contribution in [0.25, 0.3) is 0 Å². The molecule has 16 heavy (non-hydrogen) atoms. The van der Waals surface area contributed by atoms with Crippen molar-refractivity contribution in [3.63, 3.8) is 0 Å². The van der Waals surface area contributed by atoms with Crippen LogP contribution in [0.5, 0.6) is 0 Å². The third-order valence-electron chi connectivity index (χ3n) is 2.97. The summed E-state index contributed by atoms with van der Waals surface area (Å²) in [7, 11) is -3.43. The Morgan fingerprint density at radius 3 is 2.75 bits per heavy atom. The van der Waals surface area contributed by atoms with E-state index in [1.54, 1.807) is 12.3 Å². The highest BCUT2D eigenvalue weighted by Crippen LogP contribution is 2.43. The Labute approximate surface area is 95.1 Å². The van der Waals surface area contributed by atoms with Crippen molar-refractivity contribution in [3.05, 3.63) is 24.5 Å². The third-order valence-corrected chi connectivity index (χ3v) is 4.36. The zero-order valence-electron chi connectivity index (χ0n) is 8.89. The van der Waals surface area contributed by atoms with E-state index < -0.39 is 10.0 Å². The molecule has 0 aromatic carbocycles. The lowest BCUT2D eigenvalue weighted by molar-refractivity contribution is 0.500. The minimum absolute atomic E-state index is 0.00468. The molecule has 0 amide bonds. The SMILES string of the molecule is NCC1(CNS(=O)(=O)c2cccnc2)CC1. The van der Waals surface area contributed by atoms with E-state index in [9.17, 15) is 8.42 Å². The molecule has 1 aromatic heterocycles. The van der Waals surface area contributed by atoms with Crippen LogP contribution in [0, 0.1) is 5.41 Å². The van der Waals surface area contributed by atoms with Gasteiger partial charge < -0.3 is 5.73 Å². The van der Waals surface area contributed by atoms with Crippen molar-refractivity contribution in [2.45, 2.75) is 17.7 Å². The van der Waals surface area contributed by atoms with Gasteiger partial charge in [-0.2, -0.15) is 0 Å². The summed E-state index contributed by atoms with van der Waals surface area (Å²) in [5.41, 5.74) is 5.58. The fourth-order valence-corrected chi connectivity index (χ4v) is 2.59.